The van der Waals surface area contributed by atoms with E-state index in [2.05, 4.69) is 4.90 Å². The van der Waals surface area contributed by atoms with Gasteiger partial charge in [-0.3, -0.25) is 9.69 Å². The maximum absolute atomic E-state index is 13.1. The molecule has 0 aliphatic heterocycles. The van der Waals surface area contributed by atoms with E-state index in [1.807, 2.05) is 61.5 Å². The van der Waals surface area contributed by atoms with E-state index in [0.717, 1.165) is 39.0 Å². The van der Waals surface area contributed by atoms with Crippen LogP contribution in [0.25, 0.3) is 10.2 Å². The van der Waals surface area contributed by atoms with Crippen molar-refractivity contribution in [2.24, 2.45) is 0 Å². The average molecular weight is 501 g/mol. The van der Waals surface area contributed by atoms with Crippen LogP contribution in [-0.4, -0.2) is 55.8 Å². The summed E-state index contributed by atoms with van der Waals surface area (Å²) in [7, 11) is 5.72. The minimum atomic E-state index is 0. The molecule has 2 aromatic carbocycles. The van der Waals surface area contributed by atoms with Gasteiger partial charge in [-0.25, -0.2) is 4.98 Å². The normalized spacial score (nSPS) is 10.9. The second-order valence-electron chi connectivity index (χ2n) is 7.06. The fourth-order valence-corrected chi connectivity index (χ4v) is 4.98. The van der Waals surface area contributed by atoms with Gasteiger partial charge >= 0.3 is 0 Å². The Hall–Kier alpha value is -1.51. The monoisotopic (exact) mass is 499 g/mol. The van der Waals surface area contributed by atoms with Crippen LogP contribution in [0.2, 0.25) is 5.02 Å². The number of methoxy groups -OCH3 is 1. The van der Waals surface area contributed by atoms with Gasteiger partial charge in [-0.2, -0.15) is 0 Å². The Bertz CT molecular complexity index is 981. The van der Waals surface area contributed by atoms with Crippen molar-refractivity contribution in [3.05, 3.63) is 47.5 Å². The average Bonchev–Trinajstić information content (AvgIpc) is 3.16. The molecular weight excluding hydrogens is 473 g/mol. The molecule has 3 aromatic rings. The Morgan fingerprint density at radius 1 is 1.16 bits per heavy atom. The van der Waals surface area contributed by atoms with E-state index in [9.17, 15) is 4.79 Å². The van der Waals surface area contributed by atoms with Gasteiger partial charge in [0.05, 0.1) is 11.8 Å². The number of aromatic nitrogens is 1. The Labute approximate surface area is 203 Å². The molecule has 1 amide bonds. The minimum Gasteiger partial charge on any atom is -0.494 e. The number of para-hydroxylation sites is 1. The Morgan fingerprint density at radius 3 is 2.58 bits per heavy atom. The van der Waals surface area contributed by atoms with E-state index >= 15 is 0 Å². The van der Waals surface area contributed by atoms with Gasteiger partial charge in [-0.05, 0) is 63.5 Å². The van der Waals surface area contributed by atoms with Crippen molar-refractivity contribution in [1.82, 2.24) is 9.88 Å². The number of rotatable bonds is 10. The van der Waals surface area contributed by atoms with Crippen LogP contribution in [-0.2, 0) is 4.79 Å². The number of amides is 1. The molecule has 0 saturated heterocycles. The first-order valence-corrected chi connectivity index (χ1v) is 11.9. The molecule has 0 spiro atoms. The molecular formula is C22H27Cl2N3O2S2. The number of thiazole rings is 1. The molecule has 0 N–H and O–H groups in total. The summed E-state index contributed by atoms with van der Waals surface area (Å²) in [5, 5.41) is 1.45. The first-order valence-electron chi connectivity index (χ1n) is 9.75. The summed E-state index contributed by atoms with van der Waals surface area (Å²) >= 11 is 9.13. The lowest BCUT2D eigenvalue weighted by Crippen LogP contribution is -2.33. The number of hydrogen-bond donors (Lipinski definition) is 0. The third-order valence-corrected chi connectivity index (χ3v) is 6.82. The predicted octanol–water partition coefficient (Wildman–Crippen LogP) is 5.85. The lowest BCUT2D eigenvalue weighted by Gasteiger charge is -2.21. The fourth-order valence-electron chi connectivity index (χ4n) is 2.99. The molecule has 0 bridgehead atoms. The molecule has 1 aromatic heterocycles. The molecule has 0 aliphatic rings. The zero-order valence-electron chi connectivity index (χ0n) is 17.8. The molecule has 168 valence electrons. The third kappa shape index (κ3) is 7.26. The van der Waals surface area contributed by atoms with Gasteiger partial charge in [-0.1, -0.05) is 29.0 Å². The van der Waals surface area contributed by atoms with Crippen molar-refractivity contribution >= 4 is 68.4 Å². The van der Waals surface area contributed by atoms with Crippen molar-refractivity contribution < 1.29 is 9.53 Å². The molecule has 3 rings (SSSR count). The van der Waals surface area contributed by atoms with Crippen LogP contribution in [0.5, 0.6) is 5.75 Å². The van der Waals surface area contributed by atoms with E-state index in [1.54, 1.807) is 18.9 Å². The number of hydrogen-bond acceptors (Lipinski definition) is 6. The molecule has 0 radical (unpaired) electrons. The van der Waals surface area contributed by atoms with Gasteiger partial charge in [0.15, 0.2) is 5.13 Å². The van der Waals surface area contributed by atoms with E-state index < -0.39 is 0 Å². The van der Waals surface area contributed by atoms with Gasteiger partial charge in [0.25, 0.3) is 0 Å². The highest BCUT2D eigenvalue weighted by atomic mass is 35.5. The van der Waals surface area contributed by atoms with Crippen LogP contribution in [0.3, 0.4) is 0 Å². The van der Waals surface area contributed by atoms with Crippen LogP contribution < -0.4 is 9.64 Å². The standard InChI is InChI=1S/C22H26ClN3O2S2.ClH/c1-25(2)13-5-14-26(20(27)12-15-29-17-10-8-16(23)9-11-17)22-24-21-18(28-3)6-4-7-19(21)30-22;/h4,6-11H,5,12-15H2,1-3H3;1H. The summed E-state index contributed by atoms with van der Waals surface area (Å²) in [6.07, 6.45) is 1.33. The van der Waals surface area contributed by atoms with E-state index in [1.165, 1.54) is 11.3 Å². The molecule has 0 fully saturated rings. The third-order valence-electron chi connectivity index (χ3n) is 4.51. The number of carbonyl (C=O) groups excluding carboxylic acids is 1. The summed E-state index contributed by atoms with van der Waals surface area (Å²) in [6, 6.07) is 13.6. The number of halogens is 2. The maximum atomic E-state index is 13.1. The zero-order valence-corrected chi connectivity index (χ0v) is 21.0. The number of carbonyl (C=O) groups is 1. The van der Waals surface area contributed by atoms with Crippen molar-refractivity contribution in [3.63, 3.8) is 0 Å². The Kier molecular flexibility index (Phi) is 10.4. The van der Waals surface area contributed by atoms with Crippen LogP contribution in [0.15, 0.2) is 47.4 Å². The lowest BCUT2D eigenvalue weighted by molar-refractivity contribution is -0.118. The summed E-state index contributed by atoms with van der Waals surface area (Å²) in [5.74, 6) is 1.53. The summed E-state index contributed by atoms with van der Waals surface area (Å²) in [6.45, 7) is 1.56. The largest absolute Gasteiger partial charge is 0.494 e. The molecule has 0 atom stereocenters. The number of nitrogens with zero attached hydrogens (tertiary/aromatic N) is 3. The smallest absolute Gasteiger partial charge is 0.229 e. The van der Waals surface area contributed by atoms with Crippen LogP contribution in [0.1, 0.15) is 12.8 Å². The van der Waals surface area contributed by atoms with Crippen molar-refractivity contribution in [2.45, 2.75) is 17.7 Å². The first kappa shape index (κ1) is 25.7. The van der Waals surface area contributed by atoms with E-state index in [-0.39, 0.29) is 18.3 Å². The molecule has 5 nitrogen and oxygen atoms in total. The number of ether oxygens (including phenoxy) is 1. The topological polar surface area (TPSA) is 45.7 Å². The number of benzene rings is 2. The molecule has 9 heteroatoms. The quantitative estimate of drug-likeness (QED) is 0.327. The lowest BCUT2D eigenvalue weighted by atomic mass is 10.3. The van der Waals surface area contributed by atoms with Crippen LogP contribution in [0.4, 0.5) is 5.13 Å². The molecule has 0 saturated carbocycles. The number of fused-ring (bicyclic) bond motifs is 1. The highest BCUT2D eigenvalue weighted by molar-refractivity contribution is 7.99. The zero-order chi connectivity index (χ0) is 21.5. The van der Waals surface area contributed by atoms with Crippen molar-refractivity contribution in [2.75, 3.05) is 44.9 Å². The van der Waals surface area contributed by atoms with Crippen LogP contribution >= 0.6 is 47.1 Å². The van der Waals surface area contributed by atoms with Crippen LogP contribution in [0, 0.1) is 0 Å². The fraction of sp³-hybridized carbons (Fsp3) is 0.364. The highest BCUT2D eigenvalue weighted by Gasteiger charge is 2.20. The van der Waals surface area contributed by atoms with Gasteiger partial charge < -0.3 is 9.64 Å². The molecule has 1 heterocycles. The van der Waals surface area contributed by atoms with E-state index in [0.29, 0.717) is 23.7 Å². The Morgan fingerprint density at radius 2 is 1.90 bits per heavy atom. The summed E-state index contributed by atoms with van der Waals surface area (Å²) < 4.78 is 6.46. The maximum Gasteiger partial charge on any atom is 0.229 e. The molecule has 0 aliphatic carbocycles. The van der Waals surface area contributed by atoms with Crippen molar-refractivity contribution in [3.8, 4) is 5.75 Å². The SMILES string of the molecule is COc1cccc2sc(N(CCCN(C)C)C(=O)CCSc3ccc(Cl)cc3)nc12.Cl. The number of anilines is 1. The van der Waals surface area contributed by atoms with Gasteiger partial charge in [0.1, 0.15) is 11.3 Å². The second-order valence-corrected chi connectivity index (χ2v) is 9.67. The van der Waals surface area contributed by atoms with Gasteiger partial charge in [0, 0.05) is 28.6 Å². The van der Waals surface area contributed by atoms with Crippen molar-refractivity contribution in [1.29, 1.82) is 0 Å². The molecule has 31 heavy (non-hydrogen) atoms. The number of thioether (sulfide) groups is 1. The van der Waals surface area contributed by atoms with Gasteiger partial charge in [-0.15, -0.1) is 24.2 Å². The summed E-state index contributed by atoms with van der Waals surface area (Å²) in [4.78, 5) is 22.9. The highest BCUT2D eigenvalue weighted by Crippen LogP contribution is 2.34. The van der Waals surface area contributed by atoms with E-state index in [4.69, 9.17) is 21.3 Å². The minimum absolute atomic E-state index is 0. The predicted molar refractivity (Wildman–Crippen MR) is 136 cm³/mol. The first-order chi connectivity index (χ1) is 14.5. The summed E-state index contributed by atoms with van der Waals surface area (Å²) in [5.41, 5.74) is 0.806. The van der Waals surface area contributed by atoms with Gasteiger partial charge in [0.2, 0.25) is 5.91 Å². The second kappa shape index (κ2) is 12.5. The molecule has 0 unspecified atom stereocenters. The Balaban J connectivity index is 0.00000341.